The lowest BCUT2D eigenvalue weighted by molar-refractivity contribution is -0.116. The van der Waals surface area contributed by atoms with Crippen LogP contribution in [-0.2, 0) is 9.53 Å². The molecule has 0 fully saturated rings. The van der Waals surface area contributed by atoms with Crippen molar-refractivity contribution in [2.75, 3.05) is 13.0 Å². The predicted octanol–water partition coefficient (Wildman–Crippen LogP) is 2.71. The van der Waals surface area contributed by atoms with E-state index in [2.05, 4.69) is 0 Å². The number of ether oxygens (including phenoxy) is 1. The van der Waals surface area contributed by atoms with Crippen molar-refractivity contribution in [1.29, 1.82) is 0 Å². The van der Waals surface area contributed by atoms with Gasteiger partial charge in [-0.15, -0.1) is 11.6 Å². The van der Waals surface area contributed by atoms with E-state index in [0.29, 0.717) is 18.0 Å². The molecule has 0 radical (unpaired) electrons. The maximum atomic E-state index is 11.7. The van der Waals surface area contributed by atoms with Gasteiger partial charge in [0.2, 0.25) is 0 Å². The maximum Gasteiger partial charge on any atom is 0.414 e. The molecule has 1 atom stereocenters. The number of carbonyl (C=O) groups excluding carboxylic acids is 2. The molecule has 0 aromatic heterocycles. The Balaban J connectivity index is 2.74. The minimum Gasteiger partial charge on any atom is -0.452 e. The minimum absolute atomic E-state index is 0.0681. The van der Waals surface area contributed by atoms with Gasteiger partial charge in [0.1, 0.15) is 0 Å². The highest BCUT2D eigenvalue weighted by atomic mass is 35.5. The lowest BCUT2D eigenvalue weighted by atomic mass is 9.98. The molecular weight excluding hydrogens is 242 g/mol. The van der Waals surface area contributed by atoms with Crippen molar-refractivity contribution < 1.29 is 14.3 Å². The third kappa shape index (κ3) is 3.73. The van der Waals surface area contributed by atoms with Crippen LogP contribution in [0.1, 0.15) is 32.6 Å². The lowest BCUT2D eigenvalue weighted by Crippen LogP contribution is -2.42. The molecule has 4 nitrogen and oxygen atoms in total. The molecule has 0 N–H and O–H groups in total. The summed E-state index contributed by atoms with van der Waals surface area (Å²) in [6, 6.07) is -0.0943. The van der Waals surface area contributed by atoms with Crippen LogP contribution in [0.25, 0.3) is 0 Å². The molecule has 0 saturated carbocycles. The Bertz CT molecular complexity index is 328. The quantitative estimate of drug-likeness (QED) is 0.576. The van der Waals surface area contributed by atoms with Gasteiger partial charge in [-0.3, -0.25) is 9.69 Å². The third-order valence-electron chi connectivity index (χ3n) is 2.84. The molecule has 0 aromatic rings. The number of rotatable bonds is 4. The van der Waals surface area contributed by atoms with Crippen molar-refractivity contribution in [2.24, 2.45) is 0 Å². The zero-order chi connectivity index (χ0) is 12.8. The SMILES string of the molecule is COC(=O)N1C(C)=CC(=O)C[C@@H]1CCCCCl. The van der Waals surface area contributed by atoms with Crippen molar-refractivity contribution in [3.05, 3.63) is 11.8 Å². The second-order valence-electron chi connectivity index (χ2n) is 4.13. The van der Waals surface area contributed by atoms with Crippen molar-refractivity contribution in [3.63, 3.8) is 0 Å². The summed E-state index contributed by atoms with van der Waals surface area (Å²) >= 11 is 5.62. The molecule has 1 amide bonds. The van der Waals surface area contributed by atoms with Gasteiger partial charge in [0, 0.05) is 30.1 Å². The lowest BCUT2D eigenvalue weighted by Gasteiger charge is -2.33. The molecule has 0 aliphatic carbocycles. The molecule has 0 spiro atoms. The van der Waals surface area contributed by atoms with Gasteiger partial charge in [0.05, 0.1) is 7.11 Å². The van der Waals surface area contributed by atoms with E-state index >= 15 is 0 Å². The Hall–Kier alpha value is -1.03. The van der Waals surface area contributed by atoms with Gasteiger partial charge >= 0.3 is 6.09 Å². The van der Waals surface area contributed by atoms with Crippen LogP contribution >= 0.6 is 11.6 Å². The van der Waals surface area contributed by atoms with E-state index in [1.54, 1.807) is 11.8 Å². The largest absolute Gasteiger partial charge is 0.452 e. The van der Waals surface area contributed by atoms with E-state index in [9.17, 15) is 9.59 Å². The summed E-state index contributed by atoms with van der Waals surface area (Å²) in [6.45, 7) is 1.75. The van der Waals surface area contributed by atoms with Crippen molar-refractivity contribution in [1.82, 2.24) is 4.90 Å². The Kier molecular flexibility index (Phi) is 5.48. The van der Waals surface area contributed by atoms with E-state index in [1.165, 1.54) is 13.2 Å². The molecular formula is C12H18ClNO3. The van der Waals surface area contributed by atoms with E-state index in [4.69, 9.17) is 16.3 Å². The summed E-state index contributed by atoms with van der Waals surface area (Å²) < 4.78 is 4.74. The van der Waals surface area contributed by atoms with Crippen LogP contribution in [0, 0.1) is 0 Å². The van der Waals surface area contributed by atoms with Crippen LogP contribution in [0.2, 0.25) is 0 Å². The van der Waals surface area contributed by atoms with Crippen molar-refractivity contribution in [3.8, 4) is 0 Å². The number of carbonyl (C=O) groups is 2. The number of hydrogen-bond acceptors (Lipinski definition) is 3. The second kappa shape index (κ2) is 6.64. The molecule has 0 unspecified atom stereocenters. The smallest absolute Gasteiger partial charge is 0.414 e. The molecule has 0 bridgehead atoms. The first-order chi connectivity index (χ1) is 8.10. The molecule has 0 saturated heterocycles. The number of allylic oxidation sites excluding steroid dienone is 2. The fourth-order valence-corrected chi connectivity index (χ4v) is 2.26. The molecule has 96 valence electrons. The van der Waals surface area contributed by atoms with Crippen LogP contribution in [0.5, 0.6) is 0 Å². The summed E-state index contributed by atoms with van der Waals surface area (Å²) in [4.78, 5) is 24.7. The Morgan fingerprint density at radius 2 is 2.29 bits per heavy atom. The first-order valence-electron chi connectivity index (χ1n) is 5.74. The van der Waals surface area contributed by atoms with Crippen LogP contribution < -0.4 is 0 Å². The average Bonchev–Trinajstić information content (AvgIpc) is 2.28. The van der Waals surface area contributed by atoms with Gasteiger partial charge in [-0.05, 0) is 19.8 Å². The summed E-state index contributed by atoms with van der Waals surface area (Å²) in [6.07, 6.45) is 4.04. The fraction of sp³-hybridized carbons (Fsp3) is 0.667. The normalized spacial score (nSPS) is 20.2. The number of hydrogen-bond donors (Lipinski definition) is 0. The topological polar surface area (TPSA) is 46.6 Å². The summed E-state index contributed by atoms with van der Waals surface area (Å²) in [5.74, 6) is 0.673. The number of alkyl halides is 1. The maximum absolute atomic E-state index is 11.7. The average molecular weight is 260 g/mol. The fourth-order valence-electron chi connectivity index (χ4n) is 2.07. The van der Waals surface area contributed by atoms with Gasteiger partial charge < -0.3 is 4.74 Å². The summed E-state index contributed by atoms with van der Waals surface area (Å²) in [5, 5.41) is 0. The van der Waals surface area contributed by atoms with Crippen molar-refractivity contribution >= 4 is 23.5 Å². The van der Waals surface area contributed by atoms with Crippen LogP contribution in [0.15, 0.2) is 11.8 Å². The number of halogens is 1. The highest BCUT2D eigenvalue weighted by Gasteiger charge is 2.30. The molecule has 1 heterocycles. The number of unbranched alkanes of at least 4 members (excludes halogenated alkanes) is 1. The third-order valence-corrected chi connectivity index (χ3v) is 3.11. The number of nitrogens with zero attached hydrogens (tertiary/aromatic N) is 1. The summed E-state index contributed by atoms with van der Waals surface area (Å²) in [7, 11) is 1.35. The molecule has 1 aliphatic rings. The zero-order valence-corrected chi connectivity index (χ0v) is 11.0. The van der Waals surface area contributed by atoms with Gasteiger partial charge in [-0.2, -0.15) is 0 Å². The highest BCUT2D eigenvalue weighted by molar-refractivity contribution is 6.17. The van der Waals surface area contributed by atoms with Gasteiger partial charge in [0.15, 0.2) is 5.78 Å². The van der Waals surface area contributed by atoms with Crippen LogP contribution in [0.4, 0.5) is 4.79 Å². The van der Waals surface area contributed by atoms with E-state index in [0.717, 1.165) is 19.3 Å². The highest BCUT2D eigenvalue weighted by Crippen LogP contribution is 2.24. The minimum atomic E-state index is -0.401. The van der Waals surface area contributed by atoms with E-state index < -0.39 is 6.09 Å². The predicted molar refractivity (Wildman–Crippen MR) is 66.0 cm³/mol. The second-order valence-corrected chi connectivity index (χ2v) is 4.51. The Labute approximate surface area is 107 Å². The molecule has 1 rings (SSSR count). The van der Waals surface area contributed by atoms with Gasteiger partial charge in [-0.25, -0.2) is 4.79 Å². The molecule has 1 aliphatic heterocycles. The standard InChI is InChI=1S/C12H18ClNO3/c1-9-7-11(15)8-10(5-3-4-6-13)14(9)12(16)17-2/h7,10H,3-6,8H2,1-2H3/t10-/m0/s1. The molecule has 17 heavy (non-hydrogen) atoms. The Morgan fingerprint density at radius 3 is 2.88 bits per heavy atom. The first-order valence-corrected chi connectivity index (χ1v) is 6.28. The zero-order valence-electron chi connectivity index (χ0n) is 10.2. The van der Waals surface area contributed by atoms with Crippen LogP contribution in [0.3, 0.4) is 0 Å². The van der Waals surface area contributed by atoms with E-state index in [-0.39, 0.29) is 11.8 Å². The molecule has 0 aromatic carbocycles. The number of amides is 1. The first kappa shape index (κ1) is 14.0. The summed E-state index contributed by atoms with van der Waals surface area (Å²) in [5.41, 5.74) is 0.656. The monoisotopic (exact) mass is 259 g/mol. The van der Waals surface area contributed by atoms with Gasteiger partial charge in [-0.1, -0.05) is 6.42 Å². The molecule has 5 heteroatoms. The van der Waals surface area contributed by atoms with E-state index in [1.807, 2.05) is 0 Å². The van der Waals surface area contributed by atoms with Crippen LogP contribution in [-0.4, -0.2) is 35.8 Å². The Morgan fingerprint density at radius 1 is 1.59 bits per heavy atom. The number of methoxy groups -OCH3 is 1. The number of ketones is 1. The van der Waals surface area contributed by atoms with Crippen molar-refractivity contribution in [2.45, 2.75) is 38.6 Å². The van der Waals surface area contributed by atoms with Gasteiger partial charge in [0.25, 0.3) is 0 Å².